The maximum atomic E-state index is 11.1. The van der Waals surface area contributed by atoms with Gasteiger partial charge in [-0.3, -0.25) is 4.79 Å². The van der Waals surface area contributed by atoms with Crippen molar-refractivity contribution in [2.75, 3.05) is 0 Å². The maximum Gasteiger partial charge on any atom is 0.222 e. The van der Waals surface area contributed by atoms with Crippen LogP contribution in [0.1, 0.15) is 18.1 Å². The molecule has 0 atom stereocenters. The van der Waals surface area contributed by atoms with Crippen molar-refractivity contribution in [3.05, 3.63) is 41.0 Å². The van der Waals surface area contributed by atoms with Crippen LogP contribution in [0.3, 0.4) is 0 Å². The standard InChI is InChI=1S/C13H8N4O/c1-8(18)16-13-11-5-3-2-4-10(11)12(17-13)9(6-14)7-15/h2-5H,1H3,(H,16,17,18). The molecule has 1 aliphatic heterocycles. The Morgan fingerprint density at radius 2 is 1.83 bits per heavy atom. The van der Waals surface area contributed by atoms with Gasteiger partial charge in [-0.15, -0.1) is 0 Å². The molecular weight excluding hydrogens is 228 g/mol. The van der Waals surface area contributed by atoms with E-state index in [0.717, 1.165) is 0 Å². The molecule has 2 rings (SSSR count). The molecule has 1 heterocycles. The van der Waals surface area contributed by atoms with Gasteiger partial charge in [-0.1, -0.05) is 24.3 Å². The SMILES string of the molecule is CC(=O)NC1=NC(=C(C#N)C#N)c2ccccc21. The van der Waals surface area contributed by atoms with Gasteiger partial charge in [0.25, 0.3) is 0 Å². The molecule has 0 aliphatic carbocycles. The quantitative estimate of drug-likeness (QED) is 0.689. The molecular formula is C13H8N4O. The predicted octanol–water partition coefficient (Wildman–Crippen LogP) is 1.34. The largest absolute Gasteiger partial charge is 0.310 e. The first-order valence-electron chi connectivity index (χ1n) is 5.18. The topological polar surface area (TPSA) is 89.0 Å². The molecule has 0 spiro atoms. The summed E-state index contributed by atoms with van der Waals surface area (Å²) in [6.45, 7) is 1.38. The second kappa shape index (κ2) is 4.52. The second-order valence-electron chi connectivity index (χ2n) is 3.63. The van der Waals surface area contributed by atoms with E-state index in [0.29, 0.717) is 22.7 Å². The van der Waals surface area contributed by atoms with Gasteiger partial charge in [-0.2, -0.15) is 10.5 Å². The Bertz CT molecular complexity index is 655. The number of carbonyl (C=O) groups excluding carboxylic acids is 1. The van der Waals surface area contributed by atoms with Crippen LogP contribution in [-0.4, -0.2) is 11.7 Å². The van der Waals surface area contributed by atoms with Gasteiger partial charge in [0.05, 0.1) is 0 Å². The van der Waals surface area contributed by atoms with Gasteiger partial charge in [-0.25, -0.2) is 4.99 Å². The van der Waals surface area contributed by atoms with Crippen molar-refractivity contribution in [1.29, 1.82) is 10.5 Å². The van der Waals surface area contributed by atoms with Crippen LogP contribution >= 0.6 is 0 Å². The van der Waals surface area contributed by atoms with Crippen molar-refractivity contribution in [2.45, 2.75) is 6.92 Å². The van der Waals surface area contributed by atoms with Crippen LogP contribution in [0.15, 0.2) is 34.8 Å². The van der Waals surface area contributed by atoms with E-state index in [-0.39, 0.29) is 11.5 Å². The molecule has 0 aromatic heterocycles. The summed E-state index contributed by atoms with van der Waals surface area (Å²) < 4.78 is 0. The molecule has 1 amide bonds. The number of amides is 1. The van der Waals surface area contributed by atoms with E-state index in [1.165, 1.54) is 6.92 Å². The van der Waals surface area contributed by atoms with E-state index in [1.807, 2.05) is 12.1 Å². The van der Waals surface area contributed by atoms with Gasteiger partial charge in [0, 0.05) is 18.1 Å². The number of aliphatic imine (C=N–C) groups is 1. The Morgan fingerprint density at radius 3 is 2.39 bits per heavy atom. The third-order valence-electron chi connectivity index (χ3n) is 2.42. The zero-order valence-corrected chi connectivity index (χ0v) is 9.56. The molecule has 5 heteroatoms. The molecule has 1 N–H and O–H groups in total. The number of amidine groups is 1. The number of nitriles is 2. The molecule has 1 aromatic carbocycles. The molecule has 1 aromatic rings. The zero-order valence-electron chi connectivity index (χ0n) is 9.56. The summed E-state index contributed by atoms with van der Waals surface area (Å²) >= 11 is 0. The Kier molecular flexibility index (Phi) is 2.90. The van der Waals surface area contributed by atoms with Gasteiger partial charge >= 0.3 is 0 Å². The van der Waals surface area contributed by atoms with Gasteiger partial charge in [-0.05, 0) is 0 Å². The highest BCUT2D eigenvalue weighted by molar-refractivity contribution is 6.15. The third kappa shape index (κ3) is 1.85. The van der Waals surface area contributed by atoms with Crippen LogP contribution in [0.25, 0.3) is 5.70 Å². The number of hydrogen-bond donors (Lipinski definition) is 1. The van der Waals surface area contributed by atoms with Crippen LogP contribution in [0.2, 0.25) is 0 Å². The number of rotatable bonds is 0. The van der Waals surface area contributed by atoms with Crippen LogP contribution in [0, 0.1) is 22.7 Å². The molecule has 86 valence electrons. The molecule has 0 bridgehead atoms. The van der Waals surface area contributed by atoms with E-state index in [1.54, 1.807) is 24.3 Å². The first kappa shape index (κ1) is 11.6. The second-order valence-corrected chi connectivity index (χ2v) is 3.63. The summed E-state index contributed by atoms with van der Waals surface area (Å²) in [6, 6.07) is 10.7. The lowest BCUT2D eigenvalue weighted by Crippen LogP contribution is -2.27. The van der Waals surface area contributed by atoms with E-state index in [9.17, 15) is 4.79 Å². The van der Waals surface area contributed by atoms with Gasteiger partial charge in [0.2, 0.25) is 5.91 Å². The summed E-state index contributed by atoms with van der Waals surface area (Å²) in [5.74, 6) is 0.122. The predicted molar refractivity (Wildman–Crippen MR) is 64.9 cm³/mol. The molecule has 0 saturated carbocycles. The highest BCUT2D eigenvalue weighted by Crippen LogP contribution is 2.29. The fourth-order valence-electron chi connectivity index (χ4n) is 1.71. The van der Waals surface area contributed by atoms with Gasteiger partial charge in [0.1, 0.15) is 23.7 Å². The van der Waals surface area contributed by atoms with Crippen LogP contribution in [0.5, 0.6) is 0 Å². The summed E-state index contributed by atoms with van der Waals surface area (Å²) in [7, 11) is 0. The molecule has 18 heavy (non-hydrogen) atoms. The maximum absolute atomic E-state index is 11.1. The Morgan fingerprint density at radius 1 is 1.22 bits per heavy atom. The smallest absolute Gasteiger partial charge is 0.222 e. The normalized spacial score (nSPS) is 11.9. The average Bonchev–Trinajstić information content (AvgIpc) is 2.70. The third-order valence-corrected chi connectivity index (χ3v) is 2.42. The molecule has 0 fully saturated rings. The summed E-state index contributed by atoms with van der Waals surface area (Å²) in [5, 5.41) is 20.4. The van der Waals surface area contributed by atoms with Crippen molar-refractivity contribution in [2.24, 2.45) is 4.99 Å². The summed E-state index contributed by atoms with van der Waals surface area (Å²) in [5.41, 5.74) is 1.63. The molecule has 1 aliphatic rings. The Hall–Kier alpha value is -2.92. The average molecular weight is 236 g/mol. The molecule has 0 radical (unpaired) electrons. The molecule has 5 nitrogen and oxygen atoms in total. The number of fused-ring (bicyclic) bond motifs is 1. The number of nitrogens with one attached hydrogen (secondary N) is 1. The minimum Gasteiger partial charge on any atom is -0.310 e. The van der Waals surface area contributed by atoms with E-state index in [2.05, 4.69) is 10.3 Å². The first-order chi connectivity index (χ1) is 8.67. The lowest BCUT2D eigenvalue weighted by atomic mass is 10.0. The summed E-state index contributed by atoms with van der Waals surface area (Å²) in [6.07, 6.45) is 0. The number of allylic oxidation sites excluding steroid dienone is 1. The van der Waals surface area contributed by atoms with Crippen LogP contribution in [0.4, 0.5) is 0 Å². The summed E-state index contributed by atoms with van der Waals surface area (Å²) in [4.78, 5) is 15.2. The van der Waals surface area contributed by atoms with Crippen LogP contribution in [-0.2, 0) is 4.79 Å². The van der Waals surface area contributed by atoms with Crippen molar-refractivity contribution in [3.8, 4) is 12.1 Å². The molecule has 0 saturated heterocycles. The van der Waals surface area contributed by atoms with Crippen molar-refractivity contribution in [3.63, 3.8) is 0 Å². The Labute approximate surface area is 104 Å². The van der Waals surface area contributed by atoms with Gasteiger partial charge < -0.3 is 5.32 Å². The van der Waals surface area contributed by atoms with E-state index < -0.39 is 0 Å². The number of carbonyl (C=O) groups is 1. The fraction of sp³-hybridized carbons (Fsp3) is 0.0769. The van der Waals surface area contributed by atoms with E-state index >= 15 is 0 Å². The first-order valence-corrected chi connectivity index (χ1v) is 5.18. The number of benzene rings is 1. The minimum atomic E-state index is -0.250. The van der Waals surface area contributed by atoms with Gasteiger partial charge in [0.15, 0.2) is 5.57 Å². The number of hydrogen-bond acceptors (Lipinski definition) is 4. The van der Waals surface area contributed by atoms with Crippen molar-refractivity contribution < 1.29 is 4.79 Å². The zero-order chi connectivity index (χ0) is 13.1. The highest BCUT2D eigenvalue weighted by Gasteiger charge is 2.23. The lowest BCUT2D eigenvalue weighted by molar-refractivity contribution is -0.117. The Balaban J connectivity index is 2.64. The monoisotopic (exact) mass is 236 g/mol. The van der Waals surface area contributed by atoms with Crippen LogP contribution < -0.4 is 5.32 Å². The van der Waals surface area contributed by atoms with Crippen molar-refractivity contribution in [1.82, 2.24) is 5.32 Å². The van der Waals surface area contributed by atoms with E-state index in [4.69, 9.17) is 10.5 Å². The molecule has 0 unspecified atom stereocenters. The minimum absolute atomic E-state index is 0.0668. The highest BCUT2D eigenvalue weighted by atomic mass is 16.1. The fourth-order valence-corrected chi connectivity index (χ4v) is 1.71. The number of nitrogens with zero attached hydrogens (tertiary/aromatic N) is 3. The van der Waals surface area contributed by atoms with Crippen molar-refractivity contribution >= 4 is 17.4 Å². The lowest BCUT2D eigenvalue weighted by Gasteiger charge is -2.02.